The lowest BCUT2D eigenvalue weighted by Gasteiger charge is -2.05. The average Bonchev–Trinajstić information content (AvgIpc) is 2.93. The Hall–Kier alpha value is -2.42. The van der Waals surface area contributed by atoms with Crippen LogP contribution in [0.1, 0.15) is 6.92 Å². The monoisotopic (exact) mass is 335 g/mol. The topological polar surface area (TPSA) is 99.0 Å². The Morgan fingerprint density at radius 1 is 1.30 bits per heavy atom. The van der Waals surface area contributed by atoms with Gasteiger partial charge in [-0.1, -0.05) is 11.8 Å². The highest BCUT2D eigenvalue weighted by Crippen LogP contribution is 2.21. The quantitative estimate of drug-likeness (QED) is 0.586. The number of hydrogen-bond donors (Lipinski definition) is 1. The van der Waals surface area contributed by atoms with E-state index in [1.807, 2.05) is 19.2 Å². The van der Waals surface area contributed by atoms with Gasteiger partial charge in [-0.3, -0.25) is 14.6 Å². The van der Waals surface area contributed by atoms with Crippen LogP contribution < -0.4 is 5.32 Å². The molecular weight excluding hydrogens is 318 g/mol. The summed E-state index contributed by atoms with van der Waals surface area (Å²) in [5, 5.41) is 11.3. The molecule has 2 aromatic heterocycles. The Labute approximate surface area is 137 Å². The molecule has 0 spiro atoms. The molecule has 2 rings (SSSR count). The summed E-state index contributed by atoms with van der Waals surface area (Å²) in [6, 6.07) is 3.68. The Morgan fingerprint density at radius 3 is 2.74 bits per heavy atom. The summed E-state index contributed by atoms with van der Waals surface area (Å²) in [4.78, 5) is 26.8. The highest BCUT2D eigenvalue weighted by molar-refractivity contribution is 7.99. The highest BCUT2D eigenvalue weighted by Gasteiger charge is 2.13. The third kappa shape index (κ3) is 4.78. The van der Waals surface area contributed by atoms with Crippen LogP contribution in [0.25, 0.3) is 11.4 Å². The standard InChI is InChI=1S/C14H17N5O3S/c1-3-22-12(21)8-16-11(20)9-23-14-18-17-13(19(14)2)10-4-6-15-7-5-10/h4-7H,3,8-9H2,1-2H3,(H,16,20). The molecule has 0 fully saturated rings. The number of ether oxygens (including phenoxy) is 1. The number of amides is 1. The molecule has 23 heavy (non-hydrogen) atoms. The van der Waals surface area contributed by atoms with Crippen molar-refractivity contribution in [3.63, 3.8) is 0 Å². The molecule has 0 radical (unpaired) electrons. The summed E-state index contributed by atoms with van der Waals surface area (Å²) in [5.74, 6) is 0.115. The number of carbonyl (C=O) groups excluding carboxylic acids is 2. The molecule has 0 saturated carbocycles. The van der Waals surface area contributed by atoms with Crippen LogP contribution in [0.5, 0.6) is 0 Å². The summed E-state index contributed by atoms with van der Waals surface area (Å²) in [6.07, 6.45) is 3.36. The van der Waals surface area contributed by atoms with Crippen LogP contribution in [-0.2, 0) is 21.4 Å². The maximum absolute atomic E-state index is 11.7. The molecule has 2 aromatic rings. The molecule has 0 saturated heterocycles. The minimum absolute atomic E-state index is 0.131. The Morgan fingerprint density at radius 2 is 2.04 bits per heavy atom. The van der Waals surface area contributed by atoms with Gasteiger partial charge in [0.25, 0.3) is 0 Å². The molecule has 0 aromatic carbocycles. The van der Waals surface area contributed by atoms with Gasteiger partial charge in [-0.25, -0.2) is 0 Å². The zero-order chi connectivity index (χ0) is 16.7. The molecule has 1 N–H and O–H groups in total. The van der Waals surface area contributed by atoms with Crippen molar-refractivity contribution in [2.45, 2.75) is 12.1 Å². The Kier molecular flexibility index (Phi) is 6.10. The van der Waals surface area contributed by atoms with Gasteiger partial charge in [-0.15, -0.1) is 10.2 Å². The van der Waals surface area contributed by atoms with Crippen molar-refractivity contribution in [1.29, 1.82) is 0 Å². The van der Waals surface area contributed by atoms with Crippen molar-refractivity contribution in [1.82, 2.24) is 25.1 Å². The molecular formula is C14H17N5O3S. The molecule has 1 amide bonds. The first-order valence-electron chi connectivity index (χ1n) is 6.96. The average molecular weight is 335 g/mol. The van der Waals surface area contributed by atoms with Gasteiger partial charge < -0.3 is 14.6 Å². The van der Waals surface area contributed by atoms with Gasteiger partial charge in [-0.2, -0.15) is 0 Å². The first kappa shape index (κ1) is 16.9. The number of thioether (sulfide) groups is 1. The van der Waals surface area contributed by atoms with E-state index in [1.54, 1.807) is 23.9 Å². The van der Waals surface area contributed by atoms with Crippen LogP contribution in [0.2, 0.25) is 0 Å². The Bertz CT molecular complexity index is 674. The number of hydrogen-bond acceptors (Lipinski definition) is 7. The van der Waals surface area contributed by atoms with Crippen LogP contribution in [0, 0.1) is 0 Å². The molecule has 9 heteroatoms. The fourth-order valence-corrected chi connectivity index (χ4v) is 2.50. The number of esters is 1. The van der Waals surface area contributed by atoms with Crippen LogP contribution in [0.3, 0.4) is 0 Å². The zero-order valence-corrected chi connectivity index (χ0v) is 13.7. The molecule has 0 aliphatic rings. The second-order valence-electron chi connectivity index (χ2n) is 4.47. The minimum atomic E-state index is -0.454. The van der Waals surface area contributed by atoms with E-state index < -0.39 is 5.97 Å². The molecule has 122 valence electrons. The first-order valence-corrected chi connectivity index (χ1v) is 7.95. The van der Waals surface area contributed by atoms with Crippen molar-refractivity contribution in [3.05, 3.63) is 24.5 Å². The minimum Gasteiger partial charge on any atom is -0.465 e. The summed E-state index contributed by atoms with van der Waals surface area (Å²) >= 11 is 1.25. The van der Waals surface area contributed by atoms with Gasteiger partial charge in [0.15, 0.2) is 11.0 Å². The maximum atomic E-state index is 11.7. The zero-order valence-electron chi connectivity index (χ0n) is 12.9. The maximum Gasteiger partial charge on any atom is 0.325 e. The molecule has 0 bridgehead atoms. The molecule has 0 unspecified atom stereocenters. The van der Waals surface area contributed by atoms with Crippen molar-refractivity contribution in [3.8, 4) is 11.4 Å². The number of rotatable bonds is 7. The van der Waals surface area contributed by atoms with Crippen LogP contribution in [-0.4, -0.2) is 50.5 Å². The molecule has 0 atom stereocenters. The van der Waals surface area contributed by atoms with E-state index in [2.05, 4.69) is 20.5 Å². The predicted molar refractivity (Wildman–Crippen MR) is 84.6 cm³/mol. The molecule has 0 aliphatic heterocycles. The van der Waals surface area contributed by atoms with E-state index in [9.17, 15) is 9.59 Å². The number of pyridine rings is 1. The normalized spacial score (nSPS) is 10.3. The fraction of sp³-hybridized carbons (Fsp3) is 0.357. The Balaban J connectivity index is 1.88. The highest BCUT2D eigenvalue weighted by atomic mass is 32.2. The number of carbonyl (C=O) groups is 2. The first-order chi connectivity index (χ1) is 11.1. The third-order valence-corrected chi connectivity index (χ3v) is 3.86. The second-order valence-corrected chi connectivity index (χ2v) is 5.41. The number of aromatic nitrogens is 4. The van der Waals surface area contributed by atoms with Crippen molar-refractivity contribution in [2.75, 3.05) is 18.9 Å². The predicted octanol–water partition coefficient (Wildman–Crippen LogP) is 0.648. The van der Waals surface area contributed by atoms with E-state index in [0.29, 0.717) is 17.6 Å². The SMILES string of the molecule is CCOC(=O)CNC(=O)CSc1nnc(-c2ccncc2)n1C. The van der Waals surface area contributed by atoms with Gasteiger partial charge in [0.2, 0.25) is 5.91 Å². The van der Waals surface area contributed by atoms with Crippen molar-refractivity contribution >= 4 is 23.6 Å². The lowest BCUT2D eigenvalue weighted by atomic mass is 10.2. The van der Waals surface area contributed by atoms with Gasteiger partial charge >= 0.3 is 5.97 Å². The van der Waals surface area contributed by atoms with E-state index >= 15 is 0 Å². The lowest BCUT2D eigenvalue weighted by molar-refractivity contribution is -0.143. The van der Waals surface area contributed by atoms with Gasteiger partial charge in [0.05, 0.1) is 12.4 Å². The smallest absolute Gasteiger partial charge is 0.325 e. The summed E-state index contributed by atoms with van der Waals surface area (Å²) in [7, 11) is 1.83. The summed E-state index contributed by atoms with van der Waals surface area (Å²) in [6.45, 7) is 1.87. The molecule has 2 heterocycles. The lowest BCUT2D eigenvalue weighted by Crippen LogP contribution is -2.31. The summed E-state index contributed by atoms with van der Waals surface area (Å²) in [5.41, 5.74) is 0.897. The van der Waals surface area contributed by atoms with Crippen LogP contribution in [0.4, 0.5) is 0 Å². The van der Waals surface area contributed by atoms with Crippen molar-refractivity contribution in [2.24, 2.45) is 7.05 Å². The van der Waals surface area contributed by atoms with Crippen LogP contribution in [0.15, 0.2) is 29.7 Å². The second kappa shape index (κ2) is 8.28. The number of nitrogens with zero attached hydrogens (tertiary/aromatic N) is 4. The largest absolute Gasteiger partial charge is 0.465 e. The van der Waals surface area contributed by atoms with E-state index in [0.717, 1.165) is 5.56 Å². The molecule has 8 nitrogen and oxygen atoms in total. The third-order valence-electron chi connectivity index (χ3n) is 2.84. The van der Waals surface area contributed by atoms with E-state index in [1.165, 1.54) is 11.8 Å². The van der Waals surface area contributed by atoms with E-state index in [-0.39, 0.29) is 18.2 Å². The van der Waals surface area contributed by atoms with Crippen molar-refractivity contribution < 1.29 is 14.3 Å². The number of nitrogens with one attached hydrogen (secondary N) is 1. The fourth-order valence-electron chi connectivity index (χ4n) is 1.76. The van der Waals surface area contributed by atoms with Gasteiger partial charge in [0.1, 0.15) is 6.54 Å². The van der Waals surface area contributed by atoms with Gasteiger partial charge in [0, 0.05) is 25.0 Å². The van der Waals surface area contributed by atoms with E-state index in [4.69, 9.17) is 4.74 Å². The molecule has 0 aliphatic carbocycles. The van der Waals surface area contributed by atoms with Crippen LogP contribution >= 0.6 is 11.8 Å². The summed E-state index contributed by atoms with van der Waals surface area (Å²) < 4.78 is 6.54. The van der Waals surface area contributed by atoms with Gasteiger partial charge in [-0.05, 0) is 19.1 Å².